The van der Waals surface area contributed by atoms with Gasteiger partial charge in [0.15, 0.2) is 0 Å². The predicted octanol–water partition coefficient (Wildman–Crippen LogP) is 2.44. The zero-order valence-electron chi connectivity index (χ0n) is 11.6. The highest BCUT2D eigenvalue weighted by atomic mass is 19.1. The molecule has 21 heavy (non-hydrogen) atoms. The van der Waals surface area contributed by atoms with E-state index in [2.05, 4.69) is 5.32 Å². The lowest BCUT2D eigenvalue weighted by Gasteiger charge is -2.16. The Kier molecular flexibility index (Phi) is 4.55. The molecule has 114 valence electrons. The molecule has 2 rings (SSSR count). The van der Waals surface area contributed by atoms with E-state index in [1.807, 2.05) is 0 Å². The van der Waals surface area contributed by atoms with Gasteiger partial charge in [-0.25, -0.2) is 13.6 Å². The number of halogens is 2. The first-order valence-electron chi connectivity index (χ1n) is 6.85. The summed E-state index contributed by atoms with van der Waals surface area (Å²) < 4.78 is 26.5. The highest BCUT2D eigenvalue weighted by Gasteiger charge is 2.37. The monoisotopic (exact) mass is 297 g/mol. The number of rotatable bonds is 6. The largest absolute Gasteiger partial charge is 0.480 e. The third-order valence-corrected chi connectivity index (χ3v) is 3.66. The van der Waals surface area contributed by atoms with E-state index in [0.29, 0.717) is 0 Å². The maximum absolute atomic E-state index is 13.6. The fraction of sp³-hybridized carbons (Fsp3) is 0.467. The van der Waals surface area contributed by atoms with Crippen LogP contribution in [-0.4, -0.2) is 23.0 Å². The molecule has 0 spiro atoms. The molecule has 1 aromatic carbocycles. The zero-order valence-corrected chi connectivity index (χ0v) is 11.6. The third kappa shape index (κ3) is 4.00. The standard InChI is InChI=1S/C15H17F2NO3/c1-8(11-5-4-10(16)7-12(11)17)6-13(19)18-14(15(20)21)9-2-3-9/h4-5,7-9,14H,2-3,6H2,1H3,(H,18,19)(H,20,21). The van der Waals surface area contributed by atoms with Crippen LogP contribution >= 0.6 is 0 Å². The number of carboxylic acids is 1. The number of hydrogen-bond donors (Lipinski definition) is 2. The van der Waals surface area contributed by atoms with Crippen LogP contribution in [0.5, 0.6) is 0 Å². The molecule has 2 atom stereocenters. The number of aliphatic carboxylic acids is 1. The van der Waals surface area contributed by atoms with Gasteiger partial charge in [-0.15, -0.1) is 0 Å². The summed E-state index contributed by atoms with van der Waals surface area (Å²) in [6.45, 7) is 1.64. The second kappa shape index (κ2) is 6.20. The van der Waals surface area contributed by atoms with Crippen molar-refractivity contribution in [2.24, 2.45) is 5.92 Å². The molecule has 1 aromatic rings. The molecule has 0 bridgehead atoms. The topological polar surface area (TPSA) is 66.4 Å². The Morgan fingerprint density at radius 2 is 2.05 bits per heavy atom. The lowest BCUT2D eigenvalue weighted by Crippen LogP contribution is -2.42. The molecular formula is C15H17F2NO3. The van der Waals surface area contributed by atoms with Gasteiger partial charge >= 0.3 is 5.97 Å². The van der Waals surface area contributed by atoms with Crippen LogP contribution in [0.4, 0.5) is 8.78 Å². The molecule has 1 aliphatic carbocycles. The van der Waals surface area contributed by atoms with E-state index >= 15 is 0 Å². The number of amides is 1. The number of carbonyl (C=O) groups excluding carboxylic acids is 1. The number of nitrogens with one attached hydrogen (secondary N) is 1. The molecule has 0 aromatic heterocycles. The summed E-state index contributed by atoms with van der Waals surface area (Å²) in [5.74, 6) is -3.33. The van der Waals surface area contributed by atoms with Crippen molar-refractivity contribution in [1.82, 2.24) is 5.32 Å². The van der Waals surface area contributed by atoms with Crippen molar-refractivity contribution in [3.8, 4) is 0 Å². The van der Waals surface area contributed by atoms with Gasteiger partial charge in [-0.3, -0.25) is 4.79 Å². The Morgan fingerprint density at radius 1 is 1.38 bits per heavy atom. The Hall–Kier alpha value is -1.98. The molecule has 2 N–H and O–H groups in total. The Balaban J connectivity index is 1.96. The summed E-state index contributed by atoms with van der Waals surface area (Å²) in [6.07, 6.45) is 1.54. The second-order valence-corrected chi connectivity index (χ2v) is 5.49. The van der Waals surface area contributed by atoms with E-state index < -0.39 is 35.5 Å². The lowest BCUT2D eigenvalue weighted by molar-refractivity contribution is -0.142. The van der Waals surface area contributed by atoms with Crippen molar-refractivity contribution in [3.05, 3.63) is 35.4 Å². The maximum atomic E-state index is 13.6. The summed E-state index contributed by atoms with van der Waals surface area (Å²) in [7, 11) is 0. The van der Waals surface area contributed by atoms with Gasteiger partial charge in [0.05, 0.1) is 0 Å². The quantitative estimate of drug-likeness (QED) is 0.847. The van der Waals surface area contributed by atoms with Crippen molar-refractivity contribution in [2.45, 2.75) is 38.1 Å². The highest BCUT2D eigenvalue weighted by molar-refractivity contribution is 5.84. The van der Waals surface area contributed by atoms with Crippen molar-refractivity contribution >= 4 is 11.9 Å². The molecule has 1 saturated carbocycles. The van der Waals surface area contributed by atoms with Crippen LogP contribution in [-0.2, 0) is 9.59 Å². The minimum Gasteiger partial charge on any atom is -0.480 e. The fourth-order valence-electron chi connectivity index (χ4n) is 2.33. The molecule has 1 aliphatic rings. The van der Waals surface area contributed by atoms with Crippen LogP contribution in [0.1, 0.15) is 37.7 Å². The van der Waals surface area contributed by atoms with Crippen LogP contribution < -0.4 is 5.32 Å². The molecule has 1 amide bonds. The Morgan fingerprint density at radius 3 is 2.57 bits per heavy atom. The van der Waals surface area contributed by atoms with Crippen LogP contribution in [0.15, 0.2) is 18.2 Å². The minimum atomic E-state index is -1.05. The highest BCUT2D eigenvalue weighted by Crippen LogP contribution is 2.33. The molecule has 6 heteroatoms. The van der Waals surface area contributed by atoms with Crippen LogP contribution in [0.3, 0.4) is 0 Å². The molecule has 4 nitrogen and oxygen atoms in total. The molecule has 0 saturated heterocycles. The zero-order chi connectivity index (χ0) is 15.6. The van der Waals surface area contributed by atoms with Crippen molar-refractivity contribution in [3.63, 3.8) is 0 Å². The van der Waals surface area contributed by atoms with E-state index in [-0.39, 0.29) is 17.9 Å². The average Bonchev–Trinajstić information content (AvgIpc) is 3.19. The van der Waals surface area contributed by atoms with Gasteiger partial charge in [0, 0.05) is 12.5 Å². The lowest BCUT2D eigenvalue weighted by atomic mass is 9.96. The first-order chi connectivity index (χ1) is 9.88. The average molecular weight is 297 g/mol. The molecule has 2 unspecified atom stereocenters. The van der Waals surface area contributed by atoms with Gasteiger partial charge in [0.25, 0.3) is 0 Å². The molecule has 0 heterocycles. The predicted molar refractivity (Wildman–Crippen MR) is 71.7 cm³/mol. The summed E-state index contributed by atoms with van der Waals surface area (Å²) in [6, 6.07) is 2.34. The number of carbonyl (C=O) groups is 2. The van der Waals surface area contributed by atoms with Gasteiger partial charge in [-0.05, 0) is 36.3 Å². The van der Waals surface area contributed by atoms with Crippen molar-refractivity contribution < 1.29 is 23.5 Å². The first kappa shape index (κ1) is 15.4. The SMILES string of the molecule is CC(CC(=O)NC(C(=O)O)C1CC1)c1ccc(F)cc1F. The van der Waals surface area contributed by atoms with Gasteiger partial charge in [0.1, 0.15) is 17.7 Å². The Bertz CT molecular complexity index is 558. The van der Waals surface area contributed by atoms with Crippen molar-refractivity contribution in [2.75, 3.05) is 0 Å². The summed E-state index contributed by atoms with van der Waals surface area (Å²) in [5.41, 5.74) is 0.241. The van der Waals surface area contributed by atoms with Crippen molar-refractivity contribution in [1.29, 1.82) is 0 Å². The first-order valence-corrected chi connectivity index (χ1v) is 6.85. The van der Waals surface area contributed by atoms with E-state index in [4.69, 9.17) is 5.11 Å². The maximum Gasteiger partial charge on any atom is 0.326 e. The van der Waals surface area contributed by atoms with Crippen LogP contribution in [0, 0.1) is 17.6 Å². The summed E-state index contributed by atoms with van der Waals surface area (Å²) >= 11 is 0. The third-order valence-electron chi connectivity index (χ3n) is 3.66. The van der Waals surface area contributed by atoms with Crippen LogP contribution in [0.2, 0.25) is 0 Å². The van der Waals surface area contributed by atoms with Gasteiger partial charge < -0.3 is 10.4 Å². The molecule has 0 radical (unpaired) electrons. The van der Waals surface area contributed by atoms with Gasteiger partial charge in [-0.1, -0.05) is 13.0 Å². The number of benzene rings is 1. The van der Waals surface area contributed by atoms with Gasteiger partial charge in [0.2, 0.25) is 5.91 Å². The molecular weight excluding hydrogens is 280 g/mol. The van der Waals surface area contributed by atoms with E-state index in [1.165, 1.54) is 6.07 Å². The number of carboxylic acid groups (broad SMARTS) is 1. The summed E-state index contributed by atoms with van der Waals surface area (Å²) in [4.78, 5) is 22.9. The molecule has 0 aliphatic heterocycles. The Labute approximate surface area is 121 Å². The fourth-order valence-corrected chi connectivity index (χ4v) is 2.33. The second-order valence-electron chi connectivity index (χ2n) is 5.49. The van der Waals surface area contributed by atoms with E-state index in [0.717, 1.165) is 25.0 Å². The molecule has 1 fully saturated rings. The number of hydrogen-bond acceptors (Lipinski definition) is 2. The van der Waals surface area contributed by atoms with Gasteiger partial charge in [-0.2, -0.15) is 0 Å². The van der Waals surface area contributed by atoms with E-state index in [9.17, 15) is 18.4 Å². The minimum absolute atomic E-state index is 0.00990. The van der Waals surface area contributed by atoms with Crippen LogP contribution in [0.25, 0.3) is 0 Å². The normalized spacial score (nSPS) is 17.1. The summed E-state index contributed by atoms with van der Waals surface area (Å²) in [5, 5.41) is 11.5. The van der Waals surface area contributed by atoms with E-state index in [1.54, 1.807) is 6.92 Å². The smallest absolute Gasteiger partial charge is 0.326 e.